The van der Waals surface area contributed by atoms with Crippen LogP contribution >= 0.6 is 0 Å². The van der Waals surface area contributed by atoms with Crippen molar-refractivity contribution < 1.29 is 19.5 Å². The predicted octanol–water partition coefficient (Wildman–Crippen LogP) is 0.952. The van der Waals surface area contributed by atoms with Crippen LogP contribution < -0.4 is 11.5 Å². The second-order valence-corrected chi connectivity index (χ2v) is 4.76. The van der Waals surface area contributed by atoms with E-state index in [0.29, 0.717) is 16.8 Å². The van der Waals surface area contributed by atoms with E-state index in [1.54, 1.807) is 32.0 Å². The molecule has 0 aliphatic heterocycles. The fraction of sp³-hybridized carbons (Fsp3) is 0.400. The Bertz CT molecular complexity index is 589. The summed E-state index contributed by atoms with van der Waals surface area (Å²) in [6.45, 7) is 3.65. The van der Waals surface area contributed by atoms with Crippen molar-refractivity contribution in [2.45, 2.75) is 26.3 Å². The first-order valence-electron chi connectivity index (χ1n) is 7.24. The van der Waals surface area contributed by atoms with Gasteiger partial charge in [0.1, 0.15) is 0 Å². The molecular formula is C15H22N4O4. The Morgan fingerprint density at radius 1 is 1.43 bits per heavy atom. The number of carbonyl (C=O) groups excluding carboxylic acids is 2. The number of likely N-dealkylation sites (N-methyl/N-ethyl adjacent to an activating group) is 1. The van der Waals surface area contributed by atoms with E-state index in [9.17, 15) is 9.59 Å². The average Bonchev–Trinajstić information content (AvgIpc) is 2.51. The van der Waals surface area contributed by atoms with Crippen LogP contribution in [0.4, 0.5) is 10.5 Å². The van der Waals surface area contributed by atoms with E-state index in [-0.39, 0.29) is 19.6 Å². The van der Waals surface area contributed by atoms with Crippen molar-refractivity contribution in [3.05, 3.63) is 29.3 Å². The summed E-state index contributed by atoms with van der Waals surface area (Å²) < 4.78 is 4.83. The lowest BCUT2D eigenvalue weighted by Gasteiger charge is -2.22. The van der Waals surface area contributed by atoms with Crippen LogP contribution in [0.2, 0.25) is 0 Å². The van der Waals surface area contributed by atoms with E-state index in [1.165, 1.54) is 6.21 Å². The van der Waals surface area contributed by atoms with Crippen molar-refractivity contribution in [1.82, 2.24) is 4.90 Å². The van der Waals surface area contributed by atoms with Crippen LogP contribution in [0.5, 0.6) is 0 Å². The van der Waals surface area contributed by atoms with Crippen LogP contribution in [0.15, 0.2) is 23.4 Å². The maximum Gasteiger partial charge on any atom is 0.416 e. The van der Waals surface area contributed by atoms with Crippen molar-refractivity contribution in [1.29, 1.82) is 0 Å². The summed E-state index contributed by atoms with van der Waals surface area (Å²) in [5.74, 6) is -0.541. The highest BCUT2D eigenvalue weighted by Gasteiger charge is 2.27. The van der Waals surface area contributed by atoms with Crippen molar-refractivity contribution in [2.24, 2.45) is 10.9 Å². The van der Waals surface area contributed by atoms with E-state index >= 15 is 0 Å². The minimum atomic E-state index is -0.952. The minimum absolute atomic E-state index is 0.140. The Morgan fingerprint density at radius 3 is 2.70 bits per heavy atom. The Hall–Kier alpha value is -2.61. The summed E-state index contributed by atoms with van der Waals surface area (Å²) in [5.41, 5.74) is 13.3. The molecule has 0 saturated heterocycles. The zero-order chi connectivity index (χ0) is 17.4. The largest absolute Gasteiger partial charge is 0.449 e. The molecule has 8 nitrogen and oxygen atoms in total. The molecule has 0 fully saturated rings. The van der Waals surface area contributed by atoms with Crippen LogP contribution in [-0.4, -0.2) is 47.5 Å². The molecule has 1 aromatic carbocycles. The second kappa shape index (κ2) is 8.74. The van der Waals surface area contributed by atoms with Gasteiger partial charge in [-0.3, -0.25) is 4.79 Å². The van der Waals surface area contributed by atoms with Gasteiger partial charge in [0.05, 0.1) is 18.9 Å². The van der Waals surface area contributed by atoms with E-state index in [4.69, 9.17) is 21.4 Å². The van der Waals surface area contributed by atoms with Gasteiger partial charge in [-0.15, -0.1) is 0 Å². The Morgan fingerprint density at radius 2 is 2.13 bits per heavy atom. The number of amides is 2. The van der Waals surface area contributed by atoms with Crippen LogP contribution in [0.3, 0.4) is 0 Å². The molecule has 1 rings (SSSR count). The monoisotopic (exact) mass is 322 g/mol. The molecule has 5 N–H and O–H groups in total. The number of nitrogens with zero attached hydrogens (tertiary/aromatic N) is 2. The fourth-order valence-electron chi connectivity index (χ4n) is 2.13. The molecule has 0 heterocycles. The predicted molar refractivity (Wildman–Crippen MR) is 86.3 cm³/mol. The van der Waals surface area contributed by atoms with Gasteiger partial charge in [-0.1, -0.05) is 17.3 Å². The molecule has 1 atom stereocenters. The smallest absolute Gasteiger partial charge is 0.416 e. The molecule has 23 heavy (non-hydrogen) atoms. The van der Waals surface area contributed by atoms with Crippen LogP contribution in [-0.2, 0) is 16.0 Å². The average molecular weight is 322 g/mol. The summed E-state index contributed by atoms with van der Waals surface area (Å²) in [4.78, 5) is 25.0. The lowest BCUT2D eigenvalue weighted by molar-refractivity contribution is -0.130. The van der Waals surface area contributed by atoms with E-state index in [1.807, 2.05) is 0 Å². The number of nitrogen functional groups attached to an aromatic ring is 1. The summed E-state index contributed by atoms with van der Waals surface area (Å²) in [5, 5.41) is 11.7. The Balaban J connectivity index is 2.94. The number of imide groups is 1. The molecule has 0 radical (unpaired) electrons. The SMILES string of the molecule is CCOC(=O)N(CC)C(=O)[C@@H](N)Cc1cccc(N)c1C=NO. The third kappa shape index (κ3) is 4.68. The van der Waals surface area contributed by atoms with Gasteiger partial charge in [-0.2, -0.15) is 0 Å². The topological polar surface area (TPSA) is 131 Å². The van der Waals surface area contributed by atoms with Gasteiger partial charge in [0, 0.05) is 17.8 Å². The molecule has 0 aliphatic rings. The van der Waals surface area contributed by atoms with E-state index in [2.05, 4.69) is 5.16 Å². The number of benzene rings is 1. The van der Waals surface area contributed by atoms with Crippen molar-refractivity contribution in [3.63, 3.8) is 0 Å². The van der Waals surface area contributed by atoms with E-state index < -0.39 is 18.0 Å². The van der Waals surface area contributed by atoms with Crippen molar-refractivity contribution in [2.75, 3.05) is 18.9 Å². The fourth-order valence-corrected chi connectivity index (χ4v) is 2.13. The quantitative estimate of drug-likeness (QED) is 0.309. The molecule has 1 aromatic rings. The molecule has 0 bridgehead atoms. The van der Waals surface area contributed by atoms with Gasteiger partial charge in [0.25, 0.3) is 0 Å². The van der Waals surface area contributed by atoms with Gasteiger partial charge in [0.15, 0.2) is 0 Å². The highest BCUT2D eigenvalue weighted by atomic mass is 16.6. The molecule has 2 amide bonds. The first kappa shape index (κ1) is 18.4. The number of nitrogens with two attached hydrogens (primary N) is 2. The third-order valence-electron chi connectivity index (χ3n) is 3.24. The van der Waals surface area contributed by atoms with Crippen molar-refractivity contribution in [3.8, 4) is 0 Å². The van der Waals surface area contributed by atoms with E-state index in [0.717, 1.165) is 4.90 Å². The zero-order valence-corrected chi connectivity index (χ0v) is 13.2. The number of hydrogen-bond donors (Lipinski definition) is 3. The van der Waals surface area contributed by atoms with Crippen LogP contribution in [0, 0.1) is 0 Å². The molecule has 8 heteroatoms. The van der Waals surface area contributed by atoms with Gasteiger partial charge in [0.2, 0.25) is 5.91 Å². The second-order valence-electron chi connectivity index (χ2n) is 4.76. The maximum atomic E-state index is 12.3. The molecule has 0 saturated carbocycles. The molecule has 0 aromatic heterocycles. The number of oxime groups is 1. The lowest BCUT2D eigenvalue weighted by atomic mass is 9.99. The van der Waals surface area contributed by atoms with Gasteiger partial charge >= 0.3 is 6.09 Å². The number of rotatable bonds is 6. The lowest BCUT2D eigenvalue weighted by Crippen LogP contribution is -2.48. The summed E-state index contributed by atoms with van der Waals surface area (Å²) in [6.07, 6.45) is 0.603. The van der Waals surface area contributed by atoms with Gasteiger partial charge in [-0.05, 0) is 31.9 Å². The first-order valence-corrected chi connectivity index (χ1v) is 7.24. The number of anilines is 1. The van der Waals surface area contributed by atoms with Gasteiger partial charge < -0.3 is 21.4 Å². The summed E-state index contributed by atoms with van der Waals surface area (Å²) in [7, 11) is 0. The number of carbonyl (C=O) groups is 2. The number of hydrogen-bond acceptors (Lipinski definition) is 7. The molecule has 0 spiro atoms. The standard InChI is InChI=1S/C15H22N4O4/c1-3-19(15(21)23-4-2)14(20)13(17)8-10-6-5-7-12(16)11(10)9-18-22/h5-7,9,13,22H,3-4,8,16-17H2,1-2H3/t13-/m0/s1. The highest BCUT2D eigenvalue weighted by molar-refractivity contribution is 5.95. The summed E-state index contributed by atoms with van der Waals surface area (Å²) >= 11 is 0. The molecular weight excluding hydrogens is 300 g/mol. The Labute approximate surface area is 134 Å². The van der Waals surface area contributed by atoms with Crippen molar-refractivity contribution >= 4 is 23.9 Å². The summed E-state index contributed by atoms with van der Waals surface area (Å²) in [6, 6.07) is 4.12. The zero-order valence-electron chi connectivity index (χ0n) is 13.2. The number of ether oxygens (including phenoxy) is 1. The third-order valence-corrected chi connectivity index (χ3v) is 3.24. The van der Waals surface area contributed by atoms with Crippen LogP contribution in [0.1, 0.15) is 25.0 Å². The first-order chi connectivity index (χ1) is 11.0. The normalized spacial score (nSPS) is 12.1. The Kier molecular flexibility index (Phi) is 7.01. The minimum Gasteiger partial charge on any atom is -0.449 e. The molecule has 0 aliphatic carbocycles. The highest BCUT2D eigenvalue weighted by Crippen LogP contribution is 2.17. The molecule has 126 valence electrons. The van der Waals surface area contributed by atoms with Gasteiger partial charge in [-0.25, -0.2) is 9.69 Å². The van der Waals surface area contributed by atoms with Crippen LogP contribution in [0.25, 0.3) is 0 Å². The maximum absolute atomic E-state index is 12.3. The molecule has 0 unspecified atom stereocenters.